The Kier molecular flexibility index (Phi) is 6.32. The number of anilines is 1. The topological polar surface area (TPSA) is 59.6 Å². The van der Waals surface area contributed by atoms with Crippen LogP contribution in [0.4, 0.5) is 10.5 Å². The first-order chi connectivity index (χ1) is 11.5. The number of urea groups is 1. The molecule has 0 aliphatic rings. The third kappa shape index (κ3) is 4.80. The van der Waals surface area contributed by atoms with Crippen LogP contribution in [0.2, 0.25) is 5.02 Å². The molecule has 2 aromatic rings. The summed E-state index contributed by atoms with van der Waals surface area (Å²) in [6.45, 7) is 4.83. The molecule has 2 rings (SSSR count). The van der Waals surface area contributed by atoms with Crippen molar-refractivity contribution in [2.75, 3.05) is 25.6 Å². The van der Waals surface area contributed by atoms with Gasteiger partial charge in [-0.2, -0.15) is 0 Å². The average Bonchev–Trinajstić information content (AvgIpc) is 2.55. The van der Waals surface area contributed by atoms with Crippen molar-refractivity contribution in [1.29, 1.82) is 0 Å². The van der Waals surface area contributed by atoms with Gasteiger partial charge in [0.05, 0.1) is 18.7 Å². The van der Waals surface area contributed by atoms with E-state index < -0.39 is 0 Å². The Balaban J connectivity index is 1.77. The second-order valence-corrected chi connectivity index (χ2v) is 5.68. The molecule has 0 heterocycles. The minimum atomic E-state index is -0.319. The van der Waals surface area contributed by atoms with Crippen molar-refractivity contribution in [2.24, 2.45) is 0 Å². The molecule has 6 heteroatoms. The largest absolute Gasteiger partial charge is 0.495 e. The number of rotatable bonds is 6. The van der Waals surface area contributed by atoms with Crippen LogP contribution >= 0.6 is 11.6 Å². The van der Waals surface area contributed by atoms with Crippen molar-refractivity contribution in [3.63, 3.8) is 0 Å². The quantitative estimate of drug-likeness (QED) is 0.770. The van der Waals surface area contributed by atoms with Gasteiger partial charge in [0.15, 0.2) is 0 Å². The van der Waals surface area contributed by atoms with Crippen LogP contribution in [0, 0.1) is 13.8 Å². The van der Waals surface area contributed by atoms with Crippen LogP contribution in [0.25, 0.3) is 0 Å². The molecule has 0 aliphatic carbocycles. The predicted molar refractivity (Wildman–Crippen MR) is 96.4 cm³/mol. The number of aryl methyl sites for hydroxylation is 1. The molecule has 0 fully saturated rings. The van der Waals surface area contributed by atoms with Crippen LogP contribution in [-0.4, -0.2) is 26.3 Å². The van der Waals surface area contributed by atoms with Crippen LogP contribution < -0.4 is 20.1 Å². The Labute approximate surface area is 146 Å². The van der Waals surface area contributed by atoms with Gasteiger partial charge in [-0.1, -0.05) is 23.7 Å². The summed E-state index contributed by atoms with van der Waals surface area (Å²) in [5.74, 6) is 1.39. The molecular weight excluding hydrogens is 328 g/mol. The van der Waals surface area contributed by atoms with Gasteiger partial charge in [0.2, 0.25) is 0 Å². The van der Waals surface area contributed by atoms with E-state index in [9.17, 15) is 4.79 Å². The Morgan fingerprint density at radius 3 is 2.67 bits per heavy atom. The zero-order valence-corrected chi connectivity index (χ0v) is 14.7. The lowest BCUT2D eigenvalue weighted by Gasteiger charge is -2.12. The van der Waals surface area contributed by atoms with Crippen LogP contribution in [0.1, 0.15) is 11.1 Å². The van der Waals surface area contributed by atoms with Gasteiger partial charge in [-0.3, -0.25) is 0 Å². The lowest BCUT2D eigenvalue weighted by molar-refractivity contribution is 0.247. The van der Waals surface area contributed by atoms with Crippen molar-refractivity contribution in [2.45, 2.75) is 13.8 Å². The zero-order chi connectivity index (χ0) is 17.5. The monoisotopic (exact) mass is 348 g/mol. The number of hydrogen-bond acceptors (Lipinski definition) is 3. The molecule has 0 saturated heterocycles. The van der Waals surface area contributed by atoms with Crippen LogP contribution in [0.5, 0.6) is 11.5 Å². The standard InChI is InChI=1S/C18H21ClN2O3/c1-12-5-4-6-16(13(12)2)24-10-9-20-18(22)21-14-7-8-17(23-3)15(19)11-14/h4-8,11H,9-10H2,1-3H3,(H2,20,21,22). The van der Waals surface area contributed by atoms with Gasteiger partial charge >= 0.3 is 6.03 Å². The SMILES string of the molecule is COc1ccc(NC(=O)NCCOc2cccc(C)c2C)cc1Cl. The van der Waals surface area contributed by atoms with E-state index in [4.69, 9.17) is 21.1 Å². The molecule has 24 heavy (non-hydrogen) atoms. The molecule has 0 unspecified atom stereocenters. The first-order valence-corrected chi connectivity index (χ1v) is 7.96. The van der Waals surface area contributed by atoms with Gasteiger partial charge in [0.25, 0.3) is 0 Å². The first kappa shape index (κ1) is 17.9. The lowest BCUT2D eigenvalue weighted by atomic mass is 10.1. The summed E-state index contributed by atoms with van der Waals surface area (Å²) in [6, 6.07) is 10.6. The van der Waals surface area contributed by atoms with Gasteiger partial charge in [-0.25, -0.2) is 4.79 Å². The normalized spacial score (nSPS) is 10.2. The first-order valence-electron chi connectivity index (χ1n) is 7.58. The van der Waals surface area contributed by atoms with Crippen molar-refractivity contribution >= 4 is 23.3 Å². The Morgan fingerprint density at radius 2 is 1.96 bits per heavy atom. The van der Waals surface area contributed by atoms with Crippen molar-refractivity contribution in [3.05, 3.63) is 52.5 Å². The van der Waals surface area contributed by atoms with E-state index in [2.05, 4.69) is 10.6 Å². The zero-order valence-electron chi connectivity index (χ0n) is 14.0. The number of ether oxygens (including phenoxy) is 2. The Morgan fingerprint density at radius 1 is 1.17 bits per heavy atom. The molecule has 0 atom stereocenters. The van der Waals surface area contributed by atoms with Crippen LogP contribution in [0.15, 0.2) is 36.4 Å². The van der Waals surface area contributed by atoms with Crippen molar-refractivity contribution < 1.29 is 14.3 Å². The number of carbonyl (C=O) groups is 1. The van der Waals surface area contributed by atoms with E-state index in [0.717, 1.165) is 11.3 Å². The summed E-state index contributed by atoms with van der Waals surface area (Å²) in [7, 11) is 1.54. The lowest BCUT2D eigenvalue weighted by Crippen LogP contribution is -2.32. The van der Waals surface area contributed by atoms with Gasteiger partial charge in [0.1, 0.15) is 18.1 Å². The number of halogens is 1. The van der Waals surface area contributed by atoms with Gasteiger partial charge in [0, 0.05) is 5.69 Å². The Hall–Kier alpha value is -2.40. The molecule has 0 bridgehead atoms. The van der Waals surface area contributed by atoms with Crippen LogP contribution in [0.3, 0.4) is 0 Å². The molecule has 5 nitrogen and oxygen atoms in total. The number of amides is 2. The summed E-state index contributed by atoms with van der Waals surface area (Å²) in [5.41, 5.74) is 2.87. The summed E-state index contributed by atoms with van der Waals surface area (Å²) in [6.07, 6.45) is 0. The van der Waals surface area contributed by atoms with E-state index >= 15 is 0 Å². The smallest absolute Gasteiger partial charge is 0.319 e. The number of methoxy groups -OCH3 is 1. The third-order valence-electron chi connectivity index (χ3n) is 3.61. The molecule has 0 aromatic heterocycles. The fraction of sp³-hybridized carbons (Fsp3) is 0.278. The number of nitrogens with one attached hydrogen (secondary N) is 2. The highest BCUT2D eigenvalue weighted by Crippen LogP contribution is 2.27. The fourth-order valence-corrected chi connectivity index (χ4v) is 2.38. The minimum absolute atomic E-state index is 0.319. The van der Waals surface area contributed by atoms with Crippen LogP contribution in [-0.2, 0) is 0 Å². The second-order valence-electron chi connectivity index (χ2n) is 5.28. The van der Waals surface area contributed by atoms with E-state index in [1.54, 1.807) is 18.2 Å². The summed E-state index contributed by atoms with van der Waals surface area (Å²) in [4.78, 5) is 11.9. The highest BCUT2D eigenvalue weighted by atomic mass is 35.5. The minimum Gasteiger partial charge on any atom is -0.495 e. The predicted octanol–water partition coefficient (Wildman–Crippen LogP) is 4.17. The second kappa shape index (κ2) is 8.45. The fourth-order valence-electron chi connectivity index (χ4n) is 2.13. The molecule has 0 radical (unpaired) electrons. The molecule has 128 valence electrons. The van der Waals surface area contributed by atoms with E-state index in [0.29, 0.717) is 29.6 Å². The number of benzene rings is 2. The van der Waals surface area contributed by atoms with Gasteiger partial charge < -0.3 is 20.1 Å². The van der Waals surface area contributed by atoms with E-state index in [1.165, 1.54) is 12.7 Å². The number of hydrogen-bond donors (Lipinski definition) is 2. The summed E-state index contributed by atoms with van der Waals surface area (Å²) < 4.78 is 10.8. The van der Waals surface area contributed by atoms with E-state index in [1.807, 2.05) is 32.0 Å². The molecule has 0 spiro atoms. The maximum Gasteiger partial charge on any atom is 0.319 e. The molecule has 2 aromatic carbocycles. The maximum atomic E-state index is 11.9. The average molecular weight is 349 g/mol. The highest BCUT2D eigenvalue weighted by Gasteiger charge is 2.06. The Bertz CT molecular complexity index is 719. The van der Waals surface area contributed by atoms with Crippen molar-refractivity contribution in [1.82, 2.24) is 5.32 Å². The van der Waals surface area contributed by atoms with E-state index in [-0.39, 0.29) is 6.03 Å². The van der Waals surface area contributed by atoms with Crippen molar-refractivity contribution in [3.8, 4) is 11.5 Å². The third-order valence-corrected chi connectivity index (χ3v) is 3.91. The highest BCUT2D eigenvalue weighted by molar-refractivity contribution is 6.32. The molecule has 2 amide bonds. The number of carbonyl (C=O) groups excluding carboxylic acids is 1. The molecule has 2 N–H and O–H groups in total. The molecular formula is C18H21ClN2O3. The summed E-state index contributed by atoms with van der Waals surface area (Å²) in [5, 5.41) is 5.88. The van der Waals surface area contributed by atoms with Gasteiger partial charge in [-0.15, -0.1) is 0 Å². The van der Waals surface area contributed by atoms with Gasteiger partial charge in [-0.05, 0) is 49.2 Å². The summed E-state index contributed by atoms with van der Waals surface area (Å²) >= 11 is 6.02. The molecule has 0 aliphatic heterocycles. The molecule has 0 saturated carbocycles. The maximum absolute atomic E-state index is 11.9.